The van der Waals surface area contributed by atoms with E-state index in [1.807, 2.05) is 0 Å². The summed E-state index contributed by atoms with van der Waals surface area (Å²) >= 11 is 0. The zero-order valence-corrected chi connectivity index (χ0v) is 7.35. The molecule has 0 saturated carbocycles. The number of nitrogens with one attached hydrogen (secondary N) is 1. The average molecular weight is 212 g/mol. The first-order valence-electron chi connectivity index (χ1n) is 3.08. The van der Waals surface area contributed by atoms with Gasteiger partial charge in [0.15, 0.2) is 0 Å². The summed E-state index contributed by atoms with van der Waals surface area (Å²) in [4.78, 5) is 36.9. The Morgan fingerprint density at radius 1 is 1.54 bits per heavy atom. The largest absolute Gasteiger partial charge is 0.392 e. The molecule has 13 heavy (non-hydrogen) atoms. The number of hydroxylamine groups is 2. The van der Waals surface area contributed by atoms with Gasteiger partial charge in [-0.05, 0) is 0 Å². The van der Waals surface area contributed by atoms with Gasteiger partial charge in [0.05, 0.1) is 13.2 Å². The van der Waals surface area contributed by atoms with Gasteiger partial charge in [0.25, 0.3) is 5.52 Å². The summed E-state index contributed by atoms with van der Waals surface area (Å²) in [6, 6.07) is 0. The molecule has 0 aliphatic carbocycles. The third kappa shape index (κ3) is 5.45. The highest BCUT2D eigenvalue weighted by atomic mass is 31.2. The number of rotatable bonds is 6. The number of nitrogens with zero attached hydrogens (tertiary/aromatic N) is 1. The first-order valence-corrected chi connectivity index (χ1v) is 4.69. The molecule has 0 spiro atoms. The number of hydrogen-bond donors (Lipinski definition) is 4. The Balaban J connectivity index is 3.73. The maximum Gasteiger partial charge on any atom is 0.392 e. The molecule has 0 aromatic rings. The molecule has 8 nitrogen and oxygen atoms in total. The number of hydrogen-bond acceptors (Lipinski definition) is 5. The summed E-state index contributed by atoms with van der Waals surface area (Å²) in [6.07, 6.45) is 0.0783. The van der Waals surface area contributed by atoms with Crippen molar-refractivity contribution < 1.29 is 29.1 Å². The fourth-order valence-corrected chi connectivity index (χ4v) is 0.735. The van der Waals surface area contributed by atoms with Crippen LogP contribution in [-0.2, 0) is 14.2 Å². The SMILES string of the molecule is O=CN(O)CNCC(=O)P(=O)(O)O. The lowest BCUT2D eigenvalue weighted by Crippen LogP contribution is -2.33. The highest BCUT2D eigenvalue weighted by Gasteiger charge is 2.24. The monoisotopic (exact) mass is 212 g/mol. The molecule has 0 aliphatic rings. The van der Waals surface area contributed by atoms with Crippen LogP contribution in [0.15, 0.2) is 0 Å². The van der Waals surface area contributed by atoms with Crippen molar-refractivity contribution in [1.29, 1.82) is 0 Å². The standard InChI is InChI=1S/C4H9N2O6P/c7-3-6(9)2-5-1-4(8)13(10,11)12/h3,5,9H,1-2H2,(H2,10,11,12). The lowest BCUT2D eigenvalue weighted by atomic mass is 10.7. The molecule has 0 bridgehead atoms. The molecule has 9 heteroatoms. The number of carbonyl (C=O) groups is 2. The van der Waals surface area contributed by atoms with Crippen molar-refractivity contribution in [3.8, 4) is 0 Å². The molecule has 0 saturated heterocycles. The van der Waals surface area contributed by atoms with E-state index in [0.29, 0.717) is 0 Å². The molecule has 76 valence electrons. The summed E-state index contributed by atoms with van der Waals surface area (Å²) in [5.74, 6) is 0. The zero-order chi connectivity index (χ0) is 10.5. The van der Waals surface area contributed by atoms with E-state index >= 15 is 0 Å². The molecule has 0 heterocycles. The van der Waals surface area contributed by atoms with Crippen LogP contribution in [0.2, 0.25) is 0 Å². The summed E-state index contributed by atoms with van der Waals surface area (Å²) < 4.78 is 10.2. The van der Waals surface area contributed by atoms with Crippen molar-refractivity contribution >= 4 is 19.5 Å². The number of amides is 1. The van der Waals surface area contributed by atoms with Gasteiger partial charge >= 0.3 is 7.60 Å². The minimum Gasteiger partial charge on any atom is -0.319 e. The summed E-state index contributed by atoms with van der Waals surface area (Å²) in [5, 5.41) is 10.8. The van der Waals surface area contributed by atoms with Gasteiger partial charge in [0, 0.05) is 0 Å². The molecular formula is C4H9N2O6P. The van der Waals surface area contributed by atoms with Crippen molar-refractivity contribution in [2.24, 2.45) is 0 Å². The van der Waals surface area contributed by atoms with Gasteiger partial charge < -0.3 is 9.79 Å². The van der Waals surface area contributed by atoms with Crippen LogP contribution in [0.3, 0.4) is 0 Å². The molecule has 0 unspecified atom stereocenters. The molecule has 0 aliphatic heterocycles. The van der Waals surface area contributed by atoms with Crippen LogP contribution in [0.25, 0.3) is 0 Å². The second-order valence-electron chi connectivity index (χ2n) is 2.07. The lowest BCUT2D eigenvalue weighted by Gasteiger charge is -2.09. The van der Waals surface area contributed by atoms with E-state index < -0.39 is 19.7 Å². The Kier molecular flexibility index (Phi) is 4.74. The molecule has 0 aromatic carbocycles. The summed E-state index contributed by atoms with van der Waals surface area (Å²) in [7, 11) is -4.72. The lowest BCUT2D eigenvalue weighted by molar-refractivity contribution is -0.151. The van der Waals surface area contributed by atoms with Gasteiger partial charge in [0.2, 0.25) is 6.41 Å². The second kappa shape index (κ2) is 5.05. The van der Waals surface area contributed by atoms with E-state index in [4.69, 9.17) is 15.0 Å². The summed E-state index contributed by atoms with van der Waals surface area (Å²) in [5.41, 5.74) is -1.30. The maximum atomic E-state index is 10.5. The van der Waals surface area contributed by atoms with E-state index in [-0.39, 0.29) is 18.1 Å². The average Bonchev–Trinajstić information content (AvgIpc) is 2.02. The maximum absolute atomic E-state index is 10.5. The van der Waals surface area contributed by atoms with Crippen LogP contribution in [0.5, 0.6) is 0 Å². The molecule has 0 aromatic heterocycles. The predicted molar refractivity (Wildman–Crippen MR) is 39.6 cm³/mol. The Bertz CT molecular complexity index is 237. The molecule has 0 rings (SSSR count). The predicted octanol–water partition coefficient (Wildman–Crippen LogP) is -1.91. The van der Waals surface area contributed by atoms with Crippen LogP contribution in [0.4, 0.5) is 0 Å². The van der Waals surface area contributed by atoms with Gasteiger partial charge in [-0.15, -0.1) is 0 Å². The Labute approximate surface area is 73.3 Å². The first kappa shape index (κ1) is 12.2. The van der Waals surface area contributed by atoms with Crippen LogP contribution in [-0.4, -0.2) is 45.2 Å². The number of carbonyl (C=O) groups excluding carboxylic acids is 2. The van der Waals surface area contributed by atoms with Crippen LogP contribution >= 0.6 is 7.60 Å². The Hall–Kier alpha value is -0.790. The van der Waals surface area contributed by atoms with E-state index in [9.17, 15) is 14.2 Å². The van der Waals surface area contributed by atoms with Crippen molar-refractivity contribution in [3.63, 3.8) is 0 Å². The van der Waals surface area contributed by atoms with Crippen LogP contribution < -0.4 is 5.32 Å². The van der Waals surface area contributed by atoms with Crippen molar-refractivity contribution in [2.75, 3.05) is 13.2 Å². The summed E-state index contributed by atoms with van der Waals surface area (Å²) in [6.45, 7) is -0.996. The van der Waals surface area contributed by atoms with Gasteiger partial charge in [-0.2, -0.15) is 0 Å². The normalized spacial score (nSPS) is 11.0. The van der Waals surface area contributed by atoms with E-state index in [0.717, 1.165) is 0 Å². The molecular weight excluding hydrogens is 203 g/mol. The molecule has 1 amide bonds. The fourth-order valence-electron chi connectivity index (χ4n) is 0.418. The third-order valence-electron chi connectivity index (χ3n) is 0.997. The third-order valence-corrected chi connectivity index (χ3v) is 1.80. The Morgan fingerprint density at radius 2 is 2.08 bits per heavy atom. The molecule has 4 N–H and O–H groups in total. The van der Waals surface area contributed by atoms with E-state index in [1.165, 1.54) is 0 Å². The van der Waals surface area contributed by atoms with Crippen molar-refractivity contribution in [3.05, 3.63) is 0 Å². The van der Waals surface area contributed by atoms with Gasteiger partial charge in [-0.25, -0.2) is 5.06 Å². The molecule has 0 atom stereocenters. The minimum absolute atomic E-state index is 0.0783. The highest BCUT2D eigenvalue weighted by molar-refractivity contribution is 7.70. The van der Waals surface area contributed by atoms with Crippen LogP contribution in [0, 0.1) is 0 Å². The van der Waals surface area contributed by atoms with Gasteiger partial charge in [-0.3, -0.25) is 24.7 Å². The molecule has 0 fully saturated rings. The van der Waals surface area contributed by atoms with Crippen molar-refractivity contribution in [2.45, 2.75) is 0 Å². The fraction of sp³-hybridized carbons (Fsp3) is 0.500. The van der Waals surface area contributed by atoms with Gasteiger partial charge in [-0.1, -0.05) is 0 Å². The van der Waals surface area contributed by atoms with Crippen molar-refractivity contribution in [1.82, 2.24) is 10.4 Å². The highest BCUT2D eigenvalue weighted by Crippen LogP contribution is 2.34. The minimum atomic E-state index is -4.72. The Morgan fingerprint density at radius 3 is 2.46 bits per heavy atom. The second-order valence-corrected chi connectivity index (χ2v) is 3.65. The van der Waals surface area contributed by atoms with E-state index in [1.54, 1.807) is 0 Å². The quantitative estimate of drug-likeness (QED) is 0.133. The van der Waals surface area contributed by atoms with E-state index in [2.05, 4.69) is 5.32 Å². The first-order chi connectivity index (χ1) is 5.88. The van der Waals surface area contributed by atoms with Gasteiger partial charge in [0.1, 0.15) is 0 Å². The zero-order valence-electron chi connectivity index (χ0n) is 6.45. The van der Waals surface area contributed by atoms with Crippen LogP contribution in [0.1, 0.15) is 0 Å². The topological polar surface area (TPSA) is 127 Å². The molecule has 0 radical (unpaired) electrons. The smallest absolute Gasteiger partial charge is 0.319 e.